The number of Topliss-reactive ketones (excluding diaryl/α,β-unsaturated/α-hetero) is 1. The number of rotatable bonds is 6. The van der Waals surface area contributed by atoms with Crippen LogP contribution in [0.1, 0.15) is 15.9 Å². The summed E-state index contributed by atoms with van der Waals surface area (Å²) in [5, 5.41) is 0. The van der Waals surface area contributed by atoms with E-state index in [2.05, 4.69) is 0 Å². The average molecular weight is 276 g/mol. The van der Waals surface area contributed by atoms with E-state index in [0.717, 1.165) is 23.8 Å². The minimum atomic E-state index is -0.733. The van der Waals surface area contributed by atoms with Gasteiger partial charge in [-0.2, -0.15) is 0 Å². The van der Waals surface area contributed by atoms with E-state index in [1.807, 2.05) is 30.3 Å². The average Bonchev–Trinajstić information content (AvgIpc) is 2.47. The Balaban J connectivity index is 1.82. The Morgan fingerprint density at radius 2 is 1.80 bits per heavy atom. The minimum absolute atomic E-state index is 0.257. The lowest BCUT2D eigenvalue weighted by atomic mass is 10.1. The molecule has 0 bridgehead atoms. The third kappa shape index (κ3) is 3.96. The maximum atomic E-state index is 13.4. The summed E-state index contributed by atoms with van der Waals surface area (Å²) in [6.07, 6.45) is 0.666. The Morgan fingerprint density at radius 1 is 1.05 bits per heavy atom. The van der Waals surface area contributed by atoms with Gasteiger partial charge in [0.15, 0.2) is 5.78 Å². The van der Waals surface area contributed by atoms with E-state index in [1.54, 1.807) is 0 Å². The lowest BCUT2D eigenvalue weighted by Crippen LogP contribution is -2.12. The van der Waals surface area contributed by atoms with E-state index >= 15 is 0 Å². The molecule has 20 heavy (non-hydrogen) atoms. The number of carbonyl (C=O) groups is 1. The van der Waals surface area contributed by atoms with Crippen LogP contribution in [0.5, 0.6) is 0 Å². The summed E-state index contributed by atoms with van der Waals surface area (Å²) < 4.78 is 31.5. The lowest BCUT2D eigenvalue weighted by Gasteiger charge is -2.05. The maximum Gasteiger partial charge on any atom is 0.191 e. The quantitative estimate of drug-likeness (QED) is 0.597. The fourth-order valence-electron chi connectivity index (χ4n) is 1.79. The smallest absolute Gasteiger partial charge is 0.191 e. The van der Waals surface area contributed by atoms with Gasteiger partial charge >= 0.3 is 0 Å². The first kappa shape index (κ1) is 14.3. The molecule has 0 atom stereocenters. The molecule has 0 aliphatic carbocycles. The van der Waals surface area contributed by atoms with Crippen LogP contribution in [0.4, 0.5) is 8.78 Å². The molecule has 2 aromatic carbocycles. The standard InChI is InChI=1S/C16H14F2O2/c17-13-6-7-15(18)14(10-13)16(19)11-20-9-8-12-4-2-1-3-5-12/h1-7,10H,8-9,11H2. The first-order valence-corrected chi connectivity index (χ1v) is 6.27. The van der Waals surface area contributed by atoms with Crippen LogP contribution in [-0.4, -0.2) is 19.0 Å². The van der Waals surface area contributed by atoms with E-state index in [9.17, 15) is 13.6 Å². The summed E-state index contributed by atoms with van der Waals surface area (Å²) in [5.41, 5.74) is 0.821. The van der Waals surface area contributed by atoms with Gasteiger partial charge in [-0.15, -0.1) is 0 Å². The SMILES string of the molecule is O=C(COCCc1ccccc1)c1cc(F)ccc1F. The van der Waals surface area contributed by atoms with Gasteiger partial charge in [-0.05, 0) is 30.2 Å². The minimum Gasteiger partial charge on any atom is -0.373 e. The van der Waals surface area contributed by atoms with Gasteiger partial charge in [0.25, 0.3) is 0 Å². The summed E-state index contributed by atoms with van der Waals surface area (Å²) in [4.78, 5) is 11.7. The molecular weight excluding hydrogens is 262 g/mol. The molecule has 0 saturated carbocycles. The topological polar surface area (TPSA) is 26.3 Å². The molecule has 0 aromatic heterocycles. The van der Waals surface area contributed by atoms with Crippen LogP contribution in [0.25, 0.3) is 0 Å². The van der Waals surface area contributed by atoms with Crippen molar-refractivity contribution in [3.8, 4) is 0 Å². The van der Waals surface area contributed by atoms with Crippen LogP contribution in [0.3, 0.4) is 0 Å². The highest BCUT2D eigenvalue weighted by molar-refractivity contribution is 5.97. The van der Waals surface area contributed by atoms with E-state index < -0.39 is 17.4 Å². The number of hydrogen-bond donors (Lipinski definition) is 0. The first-order valence-electron chi connectivity index (χ1n) is 6.27. The summed E-state index contributed by atoms with van der Waals surface area (Å²) in [5.74, 6) is -1.93. The molecule has 2 rings (SSSR count). The van der Waals surface area contributed by atoms with Crippen molar-refractivity contribution >= 4 is 5.78 Å². The van der Waals surface area contributed by atoms with Crippen LogP contribution < -0.4 is 0 Å². The van der Waals surface area contributed by atoms with Crippen LogP contribution in [0.2, 0.25) is 0 Å². The fraction of sp³-hybridized carbons (Fsp3) is 0.188. The highest BCUT2D eigenvalue weighted by Gasteiger charge is 2.12. The molecule has 0 N–H and O–H groups in total. The number of ketones is 1. The highest BCUT2D eigenvalue weighted by atomic mass is 19.1. The van der Waals surface area contributed by atoms with Gasteiger partial charge in [-0.3, -0.25) is 4.79 Å². The Labute approximate surface area is 116 Å². The van der Waals surface area contributed by atoms with Gasteiger partial charge in [0.2, 0.25) is 0 Å². The van der Waals surface area contributed by atoms with Crippen LogP contribution in [-0.2, 0) is 11.2 Å². The number of hydrogen-bond acceptors (Lipinski definition) is 2. The zero-order valence-electron chi connectivity index (χ0n) is 10.8. The van der Waals surface area contributed by atoms with Crippen LogP contribution >= 0.6 is 0 Å². The number of benzene rings is 2. The van der Waals surface area contributed by atoms with E-state index in [0.29, 0.717) is 13.0 Å². The van der Waals surface area contributed by atoms with Gasteiger partial charge < -0.3 is 4.74 Å². The van der Waals surface area contributed by atoms with E-state index in [-0.39, 0.29) is 12.2 Å². The van der Waals surface area contributed by atoms with Crippen LogP contribution in [0, 0.1) is 11.6 Å². The third-order valence-electron chi connectivity index (χ3n) is 2.84. The largest absolute Gasteiger partial charge is 0.373 e. The number of ether oxygens (including phenoxy) is 1. The summed E-state index contributed by atoms with van der Waals surface area (Å²) >= 11 is 0. The second kappa shape index (κ2) is 6.91. The zero-order chi connectivity index (χ0) is 14.4. The van der Waals surface area contributed by atoms with Crippen LogP contribution in [0.15, 0.2) is 48.5 Å². The number of carbonyl (C=O) groups excluding carboxylic acids is 1. The molecule has 0 aliphatic heterocycles. The van der Waals surface area contributed by atoms with Crippen molar-refractivity contribution in [2.24, 2.45) is 0 Å². The van der Waals surface area contributed by atoms with Crippen molar-refractivity contribution < 1.29 is 18.3 Å². The molecule has 0 radical (unpaired) electrons. The monoisotopic (exact) mass is 276 g/mol. The van der Waals surface area contributed by atoms with Gasteiger partial charge in [0.05, 0.1) is 12.2 Å². The Hall–Kier alpha value is -2.07. The van der Waals surface area contributed by atoms with E-state index in [1.165, 1.54) is 0 Å². The Kier molecular flexibility index (Phi) is 4.96. The predicted molar refractivity (Wildman–Crippen MR) is 71.7 cm³/mol. The third-order valence-corrected chi connectivity index (χ3v) is 2.84. The lowest BCUT2D eigenvalue weighted by molar-refractivity contribution is 0.0761. The summed E-state index contributed by atoms with van der Waals surface area (Å²) in [6, 6.07) is 12.5. The van der Waals surface area contributed by atoms with Crippen molar-refractivity contribution in [3.05, 3.63) is 71.3 Å². The second-order valence-corrected chi connectivity index (χ2v) is 4.34. The molecule has 0 aliphatic rings. The highest BCUT2D eigenvalue weighted by Crippen LogP contribution is 2.10. The normalized spacial score (nSPS) is 10.5. The molecular formula is C16H14F2O2. The summed E-state index contributed by atoms with van der Waals surface area (Å²) in [6.45, 7) is 0.0971. The molecule has 0 heterocycles. The van der Waals surface area contributed by atoms with Crippen molar-refractivity contribution in [2.75, 3.05) is 13.2 Å². The molecule has 2 aromatic rings. The zero-order valence-corrected chi connectivity index (χ0v) is 10.8. The van der Waals surface area contributed by atoms with E-state index in [4.69, 9.17) is 4.74 Å². The van der Waals surface area contributed by atoms with Crippen molar-refractivity contribution in [1.82, 2.24) is 0 Å². The molecule has 0 unspecified atom stereocenters. The Morgan fingerprint density at radius 3 is 2.55 bits per heavy atom. The number of halogens is 2. The van der Waals surface area contributed by atoms with Crippen molar-refractivity contribution in [1.29, 1.82) is 0 Å². The molecule has 0 fully saturated rings. The van der Waals surface area contributed by atoms with Gasteiger partial charge in [0, 0.05) is 0 Å². The van der Waals surface area contributed by atoms with Gasteiger partial charge in [-0.1, -0.05) is 30.3 Å². The fourth-order valence-corrected chi connectivity index (χ4v) is 1.79. The molecule has 0 amide bonds. The first-order chi connectivity index (χ1) is 9.66. The van der Waals surface area contributed by atoms with Gasteiger partial charge in [0.1, 0.15) is 18.2 Å². The molecule has 0 saturated heterocycles. The predicted octanol–water partition coefficient (Wildman–Crippen LogP) is 3.41. The van der Waals surface area contributed by atoms with Crippen molar-refractivity contribution in [3.63, 3.8) is 0 Å². The molecule has 2 nitrogen and oxygen atoms in total. The Bertz CT molecular complexity index is 582. The second-order valence-electron chi connectivity index (χ2n) is 4.34. The van der Waals surface area contributed by atoms with Gasteiger partial charge in [-0.25, -0.2) is 8.78 Å². The molecule has 4 heteroatoms. The summed E-state index contributed by atoms with van der Waals surface area (Å²) in [7, 11) is 0. The van der Waals surface area contributed by atoms with Crippen molar-refractivity contribution in [2.45, 2.75) is 6.42 Å². The maximum absolute atomic E-state index is 13.4. The molecule has 0 spiro atoms. The molecule has 104 valence electrons.